The molecule has 1 unspecified atom stereocenters. The zero-order valence-electron chi connectivity index (χ0n) is 9.74. The first-order valence-electron chi connectivity index (χ1n) is 5.73. The van der Waals surface area contributed by atoms with Crippen LogP contribution in [0.15, 0.2) is 12.3 Å². The van der Waals surface area contributed by atoms with Gasteiger partial charge in [-0.3, -0.25) is 16.0 Å². The maximum absolute atomic E-state index is 5.53. The van der Waals surface area contributed by atoms with E-state index in [9.17, 15) is 0 Å². The van der Waals surface area contributed by atoms with E-state index in [1.165, 1.54) is 25.7 Å². The van der Waals surface area contributed by atoms with E-state index >= 15 is 0 Å². The zero-order valence-corrected chi connectivity index (χ0v) is 9.74. The fourth-order valence-corrected chi connectivity index (χ4v) is 1.71. The Morgan fingerprint density at radius 3 is 2.80 bits per heavy atom. The first-order valence-corrected chi connectivity index (χ1v) is 5.73. The number of nitrogens with two attached hydrogens (primary N) is 1. The molecule has 1 aromatic rings. The smallest absolute Gasteiger partial charge is 0.0807 e. The van der Waals surface area contributed by atoms with Gasteiger partial charge in [-0.2, -0.15) is 5.10 Å². The van der Waals surface area contributed by atoms with Crippen LogP contribution in [0.1, 0.15) is 50.8 Å². The molecule has 0 aromatic carbocycles. The van der Waals surface area contributed by atoms with Gasteiger partial charge in [-0.05, 0) is 12.5 Å². The third-order valence-electron chi connectivity index (χ3n) is 2.64. The van der Waals surface area contributed by atoms with Gasteiger partial charge in [0.25, 0.3) is 0 Å². The summed E-state index contributed by atoms with van der Waals surface area (Å²) in [5.41, 5.74) is 3.87. The Balaban J connectivity index is 2.35. The lowest BCUT2D eigenvalue weighted by atomic mass is 10.1. The van der Waals surface area contributed by atoms with Gasteiger partial charge in [0.2, 0.25) is 0 Å². The zero-order chi connectivity index (χ0) is 11.1. The number of nitrogens with zero attached hydrogens (tertiary/aromatic N) is 2. The quantitative estimate of drug-likeness (QED) is 0.410. The predicted molar refractivity (Wildman–Crippen MR) is 62.0 cm³/mol. The molecule has 4 nitrogen and oxygen atoms in total. The van der Waals surface area contributed by atoms with Crippen LogP contribution in [0.5, 0.6) is 0 Å². The topological polar surface area (TPSA) is 55.9 Å². The Labute approximate surface area is 91.8 Å². The summed E-state index contributed by atoms with van der Waals surface area (Å²) >= 11 is 0. The molecule has 1 aromatic heterocycles. The van der Waals surface area contributed by atoms with E-state index in [1.807, 2.05) is 24.0 Å². The molecular weight excluding hydrogens is 188 g/mol. The highest BCUT2D eigenvalue weighted by atomic mass is 15.3. The molecule has 0 aliphatic heterocycles. The molecule has 15 heavy (non-hydrogen) atoms. The van der Waals surface area contributed by atoms with Crippen LogP contribution < -0.4 is 11.3 Å². The average molecular weight is 210 g/mol. The minimum absolute atomic E-state index is 0.197. The molecule has 0 amide bonds. The predicted octanol–water partition coefficient (Wildman–Crippen LogP) is 1.89. The second-order valence-electron chi connectivity index (χ2n) is 3.98. The van der Waals surface area contributed by atoms with Crippen molar-refractivity contribution in [1.82, 2.24) is 15.2 Å². The van der Waals surface area contributed by atoms with Crippen molar-refractivity contribution in [3.8, 4) is 0 Å². The van der Waals surface area contributed by atoms with Gasteiger partial charge in [-0.1, -0.05) is 32.6 Å². The molecule has 1 heterocycles. The first kappa shape index (κ1) is 12.2. The van der Waals surface area contributed by atoms with Gasteiger partial charge in [0.15, 0.2) is 0 Å². The summed E-state index contributed by atoms with van der Waals surface area (Å²) in [5, 5.41) is 4.35. The average Bonchev–Trinajstić information content (AvgIpc) is 2.65. The molecule has 1 rings (SSSR count). The molecule has 0 spiro atoms. The van der Waals surface area contributed by atoms with Gasteiger partial charge < -0.3 is 0 Å². The lowest BCUT2D eigenvalue weighted by Gasteiger charge is -2.12. The summed E-state index contributed by atoms with van der Waals surface area (Å²) in [7, 11) is 1.92. The minimum atomic E-state index is 0.197. The van der Waals surface area contributed by atoms with Crippen molar-refractivity contribution in [2.24, 2.45) is 12.9 Å². The third kappa shape index (κ3) is 4.01. The molecule has 0 aliphatic rings. The largest absolute Gasteiger partial charge is 0.275 e. The van der Waals surface area contributed by atoms with Crippen LogP contribution in [0.2, 0.25) is 0 Å². The SMILES string of the molecule is CCCCCCC(NN)c1ccn(C)n1. The molecule has 0 fully saturated rings. The van der Waals surface area contributed by atoms with E-state index in [0.717, 1.165) is 12.1 Å². The number of nitrogens with one attached hydrogen (secondary N) is 1. The number of unbranched alkanes of at least 4 members (excludes halogenated alkanes) is 3. The summed E-state index contributed by atoms with van der Waals surface area (Å²) in [4.78, 5) is 0. The van der Waals surface area contributed by atoms with Gasteiger partial charge in [0.05, 0.1) is 11.7 Å². The van der Waals surface area contributed by atoms with Crippen molar-refractivity contribution in [3.63, 3.8) is 0 Å². The number of hydrazine groups is 1. The van der Waals surface area contributed by atoms with Gasteiger partial charge in [-0.25, -0.2) is 0 Å². The van der Waals surface area contributed by atoms with E-state index < -0.39 is 0 Å². The van der Waals surface area contributed by atoms with Crippen LogP contribution in [-0.2, 0) is 7.05 Å². The van der Waals surface area contributed by atoms with Crippen LogP contribution in [0.25, 0.3) is 0 Å². The molecule has 0 saturated heterocycles. The van der Waals surface area contributed by atoms with Crippen LogP contribution in [0.3, 0.4) is 0 Å². The lowest BCUT2D eigenvalue weighted by molar-refractivity contribution is 0.468. The Kier molecular flexibility index (Phi) is 5.36. The van der Waals surface area contributed by atoms with Gasteiger partial charge in [0.1, 0.15) is 0 Å². The fourth-order valence-electron chi connectivity index (χ4n) is 1.71. The van der Waals surface area contributed by atoms with Crippen molar-refractivity contribution in [2.45, 2.75) is 45.1 Å². The van der Waals surface area contributed by atoms with Crippen molar-refractivity contribution in [3.05, 3.63) is 18.0 Å². The van der Waals surface area contributed by atoms with Crippen LogP contribution >= 0.6 is 0 Å². The molecule has 0 saturated carbocycles. The number of hydrogen-bond acceptors (Lipinski definition) is 3. The minimum Gasteiger partial charge on any atom is -0.275 e. The number of hydrogen-bond donors (Lipinski definition) is 2. The van der Waals surface area contributed by atoms with Gasteiger partial charge in [-0.15, -0.1) is 0 Å². The lowest BCUT2D eigenvalue weighted by Crippen LogP contribution is -2.28. The summed E-state index contributed by atoms with van der Waals surface area (Å²) in [6.07, 6.45) is 8.07. The molecule has 1 atom stereocenters. The van der Waals surface area contributed by atoms with Crippen molar-refractivity contribution in [2.75, 3.05) is 0 Å². The van der Waals surface area contributed by atoms with Crippen LogP contribution in [0.4, 0.5) is 0 Å². The van der Waals surface area contributed by atoms with E-state index in [0.29, 0.717) is 0 Å². The second kappa shape index (κ2) is 6.58. The Hall–Kier alpha value is -0.870. The van der Waals surface area contributed by atoms with E-state index in [4.69, 9.17) is 5.84 Å². The summed E-state index contributed by atoms with van der Waals surface area (Å²) in [5.74, 6) is 5.53. The van der Waals surface area contributed by atoms with E-state index in [-0.39, 0.29) is 6.04 Å². The number of rotatable bonds is 7. The van der Waals surface area contributed by atoms with E-state index in [2.05, 4.69) is 17.4 Å². The molecule has 0 radical (unpaired) electrons. The maximum Gasteiger partial charge on any atom is 0.0807 e. The fraction of sp³-hybridized carbons (Fsp3) is 0.727. The van der Waals surface area contributed by atoms with Gasteiger partial charge in [0, 0.05) is 13.2 Å². The molecule has 3 N–H and O–H groups in total. The highest BCUT2D eigenvalue weighted by Crippen LogP contribution is 2.17. The van der Waals surface area contributed by atoms with Crippen molar-refractivity contribution < 1.29 is 0 Å². The Bertz CT molecular complexity index is 269. The maximum atomic E-state index is 5.53. The van der Waals surface area contributed by atoms with Crippen LogP contribution in [0, 0.1) is 0 Å². The Morgan fingerprint density at radius 1 is 1.47 bits per heavy atom. The normalized spacial score (nSPS) is 13.0. The molecule has 4 heteroatoms. The highest BCUT2D eigenvalue weighted by Gasteiger charge is 2.11. The third-order valence-corrected chi connectivity index (χ3v) is 2.64. The molecule has 0 bridgehead atoms. The van der Waals surface area contributed by atoms with Crippen molar-refractivity contribution in [1.29, 1.82) is 0 Å². The monoisotopic (exact) mass is 210 g/mol. The van der Waals surface area contributed by atoms with Gasteiger partial charge >= 0.3 is 0 Å². The summed E-state index contributed by atoms with van der Waals surface area (Å²) in [6.45, 7) is 2.22. The standard InChI is InChI=1S/C11H22N4/c1-3-4-5-6-7-10(13-12)11-8-9-15(2)14-11/h8-10,13H,3-7,12H2,1-2H3. The first-order chi connectivity index (χ1) is 7.27. The van der Waals surface area contributed by atoms with Crippen LogP contribution in [-0.4, -0.2) is 9.78 Å². The molecule has 86 valence electrons. The molecular formula is C11H22N4. The highest BCUT2D eigenvalue weighted by molar-refractivity contribution is 5.04. The van der Waals surface area contributed by atoms with E-state index in [1.54, 1.807) is 0 Å². The second-order valence-corrected chi connectivity index (χ2v) is 3.98. The number of aryl methyl sites for hydroxylation is 1. The molecule has 0 aliphatic carbocycles. The van der Waals surface area contributed by atoms with Crippen molar-refractivity contribution >= 4 is 0 Å². The Morgan fingerprint density at radius 2 is 2.27 bits per heavy atom. The summed E-state index contributed by atoms with van der Waals surface area (Å²) in [6, 6.07) is 2.22. The summed E-state index contributed by atoms with van der Waals surface area (Å²) < 4.78 is 1.81. The number of aromatic nitrogens is 2.